The Labute approximate surface area is 134 Å². The molecule has 5 nitrogen and oxygen atoms in total. The van der Waals surface area contributed by atoms with Crippen LogP contribution in [0.3, 0.4) is 0 Å². The molecule has 0 fully saturated rings. The van der Waals surface area contributed by atoms with Gasteiger partial charge in [-0.25, -0.2) is 4.98 Å². The second kappa shape index (κ2) is 7.26. The van der Waals surface area contributed by atoms with Crippen molar-refractivity contribution in [2.24, 2.45) is 0 Å². The Balaban J connectivity index is 1.60. The van der Waals surface area contributed by atoms with Gasteiger partial charge in [-0.05, 0) is 11.1 Å². The Morgan fingerprint density at radius 1 is 0.913 bits per heavy atom. The molecule has 1 heterocycles. The molecular formula is C18H18N4O. The summed E-state index contributed by atoms with van der Waals surface area (Å²) >= 11 is 0. The minimum Gasteiger partial charge on any atom is -0.364 e. The van der Waals surface area contributed by atoms with Crippen molar-refractivity contribution in [1.29, 1.82) is 0 Å². The number of rotatable bonds is 6. The van der Waals surface area contributed by atoms with Gasteiger partial charge < -0.3 is 15.6 Å². The molecule has 0 saturated heterocycles. The lowest BCUT2D eigenvalue weighted by Gasteiger charge is -2.07. The zero-order valence-corrected chi connectivity index (χ0v) is 12.6. The van der Waals surface area contributed by atoms with Crippen LogP contribution < -0.4 is 10.6 Å². The summed E-state index contributed by atoms with van der Waals surface area (Å²) in [6.07, 6.45) is 1.52. The van der Waals surface area contributed by atoms with E-state index in [1.165, 1.54) is 6.33 Å². The van der Waals surface area contributed by atoms with E-state index in [2.05, 4.69) is 20.6 Å². The molecule has 1 amide bonds. The average Bonchev–Trinajstić information content (AvgIpc) is 3.08. The average molecular weight is 306 g/mol. The molecule has 5 heteroatoms. The third-order valence-electron chi connectivity index (χ3n) is 3.47. The van der Waals surface area contributed by atoms with E-state index in [1.54, 1.807) is 0 Å². The summed E-state index contributed by atoms with van der Waals surface area (Å²) < 4.78 is 0. The number of hydrogen-bond donors (Lipinski definition) is 3. The number of nitrogens with zero attached hydrogens (tertiary/aromatic N) is 1. The van der Waals surface area contributed by atoms with Crippen molar-refractivity contribution in [2.75, 3.05) is 5.32 Å². The molecule has 2 aromatic carbocycles. The van der Waals surface area contributed by atoms with Crippen LogP contribution in [0.2, 0.25) is 0 Å². The second-order valence-corrected chi connectivity index (χ2v) is 5.13. The van der Waals surface area contributed by atoms with E-state index in [4.69, 9.17) is 0 Å². The number of imidazole rings is 1. The highest BCUT2D eigenvalue weighted by Gasteiger charge is 2.13. The highest BCUT2D eigenvalue weighted by atomic mass is 16.1. The molecule has 0 unspecified atom stereocenters. The van der Waals surface area contributed by atoms with E-state index >= 15 is 0 Å². The summed E-state index contributed by atoms with van der Waals surface area (Å²) in [5.41, 5.74) is 2.63. The lowest BCUT2D eigenvalue weighted by atomic mass is 10.2. The monoisotopic (exact) mass is 306 g/mol. The van der Waals surface area contributed by atoms with E-state index in [9.17, 15) is 4.79 Å². The predicted octanol–water partition coefficient (Wildman–Crippen LogP) is 2.95. The van der Waals surface area contributed by atoms with Gasteiger partial charge in [0.2, 0.25) is 0 Å². The number of hydrogen-bond acceptors (Lipinski definition) is 3. The third-order valence-corrected chi connectivity index (χ3v) is 3.47. The Hall–Kier alpha value is -3.08. The van der Waals surface area contributed by atoms with Crippen molar-refractivity contribution in [3.63, 3.8) is 0 Å². The number of carbonyl (C=O) groups is 1. The van der Waals surface area contributed by atoms with Crippen molar-refractivity contribution in [3.05, 3.63) is 83.8 Å². The highest BCUT2D eigenvalue weighted by Crippen LogP contribution is 2.11. The number of nitrogens with one attached hydrogen (secondary N) is 3. The van der Waals surface area contributed by atoms with Gasteiger partial charge in [0.1, 0.15) is 5.69 Å². The zero-order valence-electron chi connectivity index (χ0n) is 12.6. The standard InChI is InChI=1S/C18H18N4O/c23-18(20-12-15-9-5-2-6-10-15)16-17(22-13-21-16)19-11-14-7-3-1-4-8-14/h1-10,13,19H,11-12H2,(H,20,23)(H,21,22). The number of benzene rings is 2. The van der Waals surface area contributed by atoms with Gasteiger partial charge in [-0.2, -0.15) is 0 Å². The Bertz CT molecular complexity index is 753. The number of aromatic amines is 1. The van der Waals surface area contributed by atoms with Gasteiger partial charge in [0.25, 0.3) is 5.91 Å². The van der Waals surface area contributed by atoms with Crippen LogP contribution in [0, 0.1) is 0 Å². The summed E-state index contributed by atoms with van der Waals surface area (Å²) in [5.74, 6) is 0.376. The quantitative estimate of drug-likeness (QED) is 0.656. The first-order valence-electron chi connectivity index (χ1n) is 7.46. The Morgan fingerprint density at radius 3 is 2.17 bits per heavy atom. The fraction of sp³-hybridized carbons (Fsp3) is 0.111. The minimum absolute atomic E-state index is 0.179. The van der Waals surface area contributed by atoms with Crippen LogP contribution in [-0.2, 0) is 13.1 Å². The van der Waals surface area contributed by atoms with Gasteiger partial charge in [0.05, 0.1) is 6.33 Å². The molecule has 116 valence electrons. The third kappa shape index (κ3) is 3.97. The van der Waals surface area contributed by atoms with E-state index < -0.39 is 0 Å². The molecule has 0 radical (unpaired) electrons. The van der Waals surface area contributed by atoms with Gasteiger partial charge in [-0.3, -0.25) is 4.79 Å². The number of amides is 1. The summed E-state index contributed by atoms with van der Waals surface area (Å²) in [5, 5.41) is 6.08. The van der Waals surface area contributed by atoms with Crippen LogP contribution >= 0.6 is 0 Å². The maximum atomic E-state index is 12.3. The summed E-state index contributed by atoms with van der Waals surface area (Å²) in [7, 11) is 0. The molecule has 0 aliphatic carbocycles. The van der Waals surface area contributed by atoms with Gasteiger partial charge in [0.15, 0.2) is 5.82 Å². The van der Waals surface area contributed by atoms with E-state index in [0.29, 0.717) is 24.6 Å². The molecule has 0 aliphatic rings. The number of H-pyrrole nitrogens is 1. The SMILES string of the molecule is O=C(NCc1ccccc1)c1[nH]cnc1NCc1ccccc1. The Morgan fingerprint density at radius 2 is 1.52 bits per heavy atom. The maximum Gasteiger partial charge on any atom is 0.271 e. The number of anilines is 1. The summed E-state index contributed by atoms with van der Waals surface area (Å²) in [6.45, 7) is 1.10. The van der Waals surface area contributed by atoms with Crippen LogP contribution in [0.15, 0.2) is 67.0 Å². The first-order valence-corrected chi connectivity index (χ1v) is 7.46. The predicted molar refractivity (Wildman–Crippen MR) is 90.0 cm³/mol. The zero-order chi connectivity index (χ0) is 15.9. The van der Waals surface area contributed by atoms with Crippen LogP contribution in [0.25, 0.3) is 0 Å². The van der Waals surface area contributed by atoms with E-state index in [0.717, 1.165) is 11.1 Å². The molecule has 0 aliphatic heterocycles. The smallest absolute Gasteiger partial charge is 0.271 e. The largest absolute Gasteiger partial charge is 0.364 e. The van der Waals surface area contributed by atoms with E-state index in [-0.39, 0.29) is 5.91 Å². The molecule has 3 aromatic rings. The van der Waals surface area contributed by atoms with Crippen molar-refractivity contribution in [3.8, 4) is 0 Å². The van der Waals surface area contributed by atoms with Crippen LogP contribution in [0.4, 0.5) is 5.82 Å². The molecule has 0 spiro atoms. The lowest BCUT2D eigenvalue weighted by molar-refractivity contribution is 0.0947. The van der Waals surface area contributed by atoms with Crippen molar-refractivity contribution >= 4 is 11.7 Å². The second-order valence-electron chi connectivity index (χ2n) is 5.13. The van der Waals surface area contributed by atoms with Gasteiger partial charge in [0, 0.05) is 13.1 Å². The Kier molecular flexibility index (Phi) is 4.69. The normalized spacial score (nSPS) is 10.3. The van der Waals surface area contributed by atoms with Gasteiger partial charge in [-0.1, -0.05) is 60.7 Å². The lowest BCUT2D eigenvalue weighted by Crippen LogP contribution is -2.24. The number of aromatic nitrogens is 2. The molecule has 3 N–H and O–H groups in total. The number of carbonyl (C=O) groups excluding carboxylic acids is 1. The minimum atomic E-state index is -0.179. The first-order chi connectivity index (χ1) is 11.3. The summed E-state index contributed by atoms with van der Waals surface area (Å²) in [6, 6.07) is 19.8. The van der Waals surface area contributed by atoms with Crippen LogP contribution in [0.5, 0.6) is 0 Å². The molecule has 0 atom stereocenters. The molecule has 1 aromatic heterocycles. The molecule has 0 bridgehead atoms. The molecule has 0 saturated carbocycles. The summed E-state index contributed by atoms with van der Waals surface area (Å²) in [4.78, 5) is 19.4. The van der Waals surface area contributed by atoms with Crippen LogP contribution in [0.1, 0.15) is 21.6 Å². The maximum absolute atomic E-state index is 12.3. The first kappa shape index (κ1) is 14.8. The van der Waals surface area contributed by atoms with Crippen molar-refractivity contribution < 1.29 is 4.79 Å². The topological polar surface area (TPSA) is 69.8 Å². The van der Waals surface area contributed by atoms with Crippen LogP contribution in [-0.4, -0.2) is 15.9 Å². The fourth-order valence-electron chi connectivity index (χ4n) is 2.25. The van der Waals surface area contributed by atoms with Crippen molar-refractivity contribution in [2.45, 2.75) is 13.1 Å². The van der Waals surface area contributed by atoms with Gasteiger partial charge >= 0.3 is 0 Å². The molecule has 23 heavy (non-hydrogen) atoms. The molecular weight excluding hydrogens is 288 g/mol. The molecule has 3 rings (SSSR count). The van der Waals surface area contributed by atoms with E-state index in [1.807, 2.05) is 60.7 Å². The fourth-order valence-corrected chi connectivity index (χ4v) is 2.25. The van der Waals surface area contributed by atoms with Crippen molar-refractivity contribution in [1.82, 2.24) is 15.3 Å². The van der Waals surface area contributed by atoms with Gasteiger partial charge in [-0.15, -0.1) is 0 Å². The highest BCUT2D eigenvalue weighted by molar-refractivity contribution is 5.96.